The molecule has 0 spiro atoms. The molecule has 3 rings (SSSR count). The molecule has 5 heteroatoms. The van der Waals surface area contributed by atoms with Crippen LogP contribution in [0.15, 0.2) is 53.0 Å². The number of amides is 2. The normalized spacial score (nSPS) is 14.7. The topological polar surface area (TPSA) is 49.4 Å². The van der Waals surface area contributed by atoms with Crippen molar-refractivity contribution in [2.24, 2.45) is 0 Å². The highest BCUT2D eigenvalue weighted by Gasteiger charge is 2.19. The van der Waals surface area contributed by atoms with Crippen LogP contribution in [0.3, 0.4) is 0 Å². The number of anilines is 2. The molecule has 1 fully saturated rings. The van der Waals surface area contributed by atoms with E-state index < -0.39 is 0 Å². The van der Waals surface area contributed by atoms with Gasteiger partial charge in [0.25, 0.3) is 5.91 Å². The van der Waals surface area contributed by atoms with Gasteiger partial charge < -0.3 is 10.2 Å². The maximum absolute atomic E-state index is 12.2. The summed E-state index contributed by atoms with van der Waals surface area (Å²) in [5.41, 5.74) is 2.19. The quantitative estimate of drug-likeness (QED) is 0.876. The molecular formula is C18H17BrN2O2. The minimum Gasteiger partial charge on any atom is -0.322 e. The number of benzene rings is 2. The summed E-state index contributed by atoms with van der Waals surface area (Å²) < 4.78 is 0.865. The third kappa shape index (κ3) is 3.79. The van der Waals surface area contributed by atoms with Crippen molar-refractivity contribution in [3.8, 4) is 0 Å². The summed E-state index contributed by atoms with van der Waals surface area (Å²) in [6.45, 7) is 0.766. The number of carbonyl (C=O) groups is 2. The average Bonchev–Trinajstić information content (AvgIpc) is 2.56. The molecule has 1 N–H and O–H groups in total. The lowest BCUT2D eigenvalue weighted by atomic mass is 10.1. The van der Waals surface area contributed by atoms with Crippen LogP contribution in [-0.4, -0.2) is 18.4 Å². The first kappa shape index (κ1) is 15.7. The Labute approximate surface area is 143 Å². The molecule has 0 aromatic heterocycles. The third-order valence-corrected chi connectivity index (χ3v) is 4.34. The van der Waals surface area contributed by atoms with Crippen molar-refractivity contribution in [2.45, 2.75) is 19.3 Å². The highest BCUT2D eigenvalue weighted by molar-refractivity contribution is 9.10. The molecule has 2 amide bonds. The van der Waals surface area contributed by atoms with E-state index in [9.17, 15) is 9.59 Å². The van der Waals surface area contributed by atoms with Gasteiger partial charge >= 0.3 is 0 Å². The Bertz CT molecular complexity index is 728. The monoisotopic (exact) mass is 372 g/mol. The second kappa shape index (κ2) is 6.96. The van der Waals surface area contributed by atoms with Gasteiger partial charge in [0.1, 0.15) is 0 Å². The molecule has 4 nitrogen and oxygen atoms in total. The van der Waals surface area contributed by atoms with Crippen LogP contribution >= 0.6 is 15.9 Å². The van der Waals surface area contributed by atoms with Crippen molar-refractivity contribution >= 4 is 39.1 Å². The Kier molecular flexibility index (Phi) is 4.76. The molecule has 118 valence electrons. The van der Waals surface area contributed by atoms with E-state index in [1.165, 1.54) is 0 Å². The van der Waals surface area contributed by atoms with E-state index in [2.05, 4.69) is 21.2 Å². The van der Waals surface area contributed by atoms with Gasteiger partial charge in [-0.15, -0.1) is 0 Å². The van der Waals surface area contributed by atoms with Crippen molar-refractivity contribution in [1.29, 1.82) is 0 Å². The van der Waals surface area contributed by atoms with Gasteiger partial charge in [0.2, 0.25) is 5.91 Å². The number of rotatable bonds is 3. The largest absolute Gasteiger partial charge is 0.322 e. The molecule has 23 heavy (non-hydrogen) atoms. The maximum atomic E-state index is 12.2. The molecule has 1 heterocycles. The summed E-state index contributed by atoms with van der Waals surface area (Å²) in [4.78, 5) is 25.9. The number of carbonyl (C=O) groups excluding carboxylic acids is 2. The predicted molar refractivity (Wildman–Crippen MR) is 94.7 cm³/mol. The Morgan fingerprint density at radius 3 is 2.57 bits per heavy atom. The minimum atomic E-state index is -0.159. The molecule has 2 aromatic carbocycles. The van der Waals surface area contributed by atoms with Crippen molar-refractivity contribution in [3.05, 3.63) is 58.6 Å². The molecule has 0 unspecified atom stereocenters. The van der Waals surface area contributed by atoms with Crippen molar-refractivity contribution in [2.75, 3.05) is 16.8 Å². The first-order valence-corrected chi connectivity index (χ1v) is 8.40. The summed E-state index contributed by atoms with van der Waals surface area (Å²) in [5, 5.41) is 2.86. The van der Waals surface area contributed by atoms with Crippen LogP contribution in [0, 0.1) is 0 Å². The zero-order valence-electron chi connectivity index (χ0n) is 12.6. The third-order valence-electron chi connectivity index (χ3n) is 3.85. The van der Waals surface area contributed by atoms with Crippen LogP contribution in [0.2, 0.25) is 0 Å². The number of halogens is 1. The highest BCUT2D eigenvalue weighted by atomic mass is 79.9. The molecule has 0 radical (unpaired) electrons. The standard InChI is InChI=1S/C18H17BrN2O2/c19-14-5-3-4-13(12-14)18(23)20-15-7-9-16(10-8-15)21-11-2-1-6-17(21)22/h3-5,7-10,12H,1-2,6,11H2,(H,20,23). The van der Waals surface area contributed by atoms with E-state index in [0.29, 0.717) is 17.7 Å². The van der Waals surface area contributed by atoms with Crippen LogP contribution in [0.5, 0.6) is 0 Å². The first-order chi connectivity index (χ1) is 11.1. The molecule has 2 aromatic rings. The Morgan fingerprint density at radius 2 is 1.87 bits per heavy atom. The molecule has 1 aliphatic heterocycles. The molecule has 0 saturated carbocycles. The van der Waals surface area contributed by atoms with Crippen LogP contribution in [-0.2, 0) is 4.79 Å². The van der Waals surface area contributed by atoms with E-state index in [1.54, 1.807) is 12.1 Å². The number of nitrogens with one attached hydrogen (secondary N) is 1. The van der Waals surface area contributed by atoms with Gasteiger partial charge in [-0.25, -0.2) is 0 Å². The van der Waals surface area contributed by atoms with Gasteiger partial charge in [0.15, 0.2) is 0 Å². The van der Waals surface area contributed by atoms with Crippen LogP contribution in [0.1, 0.15) is 29.6 Å². The number of nitrogens with zero attached hydrogens (tertiary/aromatic N) is 1. The molecule has 0 bridgehead atoms. The van der Waals surface area contributed by atoms with Crippen LogP contribution < -0.4 is 10.2 Å². The van der Waals surface area contributed by atoms with Crippen LogP contribution in [0.25, 0.3) is 0 Å². The van der Waals surface area contributed by atoms with Gasteiger partial charge in [-0.3, -0.25) is 9.59 Å². The van der Waals surface area contributed by atoms with Gasteiger partial charge in [-0.05, 0) is 55.3 Å². The number of piperidine rings is 1. The predicted octanol–water partition coefficient (Wildman–Crippen LogP) is 4.22. The first-order valence-electron chi connectivity index (χ1n) is 7.61. The molecular weight excluding hydrogens is 356 g/mol. The number of hydrogen-bond acceptors (Lipinski definition) is 2. The lowest BCUT2D eigenvalue weighted by molar-refractivity contribution is -0.119. The van der Waals surface area contributed by atoms with Gasteiger partial charge in [0.05, 0.1) is 0 Å². The lowest BCUT2D eigenvalue weighted by Gasteiger charge is -2.26. The zero-order valence-corrected chi connectivity index (χ0v) is 14.2. The Hall–Kier alpha value is -2.14. The molecule has 0 aliphatic carbocycles. The highest BCUT2D eigenvalue weighted by Crippen LogP contribution is 2.23. The fraction of sp³-hybridized carbons (Fsp3) is 0.222. The molecule has 1 aliphatic rings. The zero-order chi connectivity index (χ0) is 16.2. The SMILES string of the molecule is O=C(Nc1ccc(N2CCCCC2=O)cc1)c1cccc(Br)c1. The number of hydrogen-bond donors (Lipinski definition) is 1. The second-order valence-electron chi connectivity index (χ2n) is 5.51. The second-order valence-corrected chi connectivity index (χ2v) is 6.43. The van der Waals surface area contributed by atoms with E-state index in [-0.39, 0.29) is 11.8 Å². The van der Waals surface area contributed by atoms with E-state index >= 15 is 0 Å². The summed E-state index contributed by atoms with van der Waals surface area (Å²) >= 11 is 3.36. The smallest absolute Gasteiger partial charge is 0.255 e. The summed E-state index contributed by atoms with van der Waals surface area (Å²) in [6.07, 6.45) is 2.62. The van der Waals surface area contributed by atoms with Crippen molar-refractivity contribution in [1.82, 2.24) is 0 Å². The fourth-order valence-electron chi connectivity index (χ4n) is 2.64. The summed E-state index contributed by atoms with van der Waals surface area (Å²) in [5.74, 6) is 0.00951. The van der Waals surface area contributed by atoms with E-state index in [1.807, 2.05) is 41.3 Å². The maximum Gasteiger partial charge on any atom is 0.255 e. The summed E-state index contributed by atoms with van der Waals surface area (Å²) in [7, 11) is 0. The van der Waals surface area contributed by atoms with Crippen molar-refractivity contribution in [3.63, 3.8) is 0 Å². The fourth-order valence-corrected chi connectivity index (χ4v) is 3.04. The Morgan fingerprint density at radius 1 is 1.09 bits per heavy atom. The lowest BCUT2D eigenvalue weighted by Crippen LogP contribution is -2.35. The van der Waals surface area contributed by atoms with Gasteiger partial charge in [-0.2, -0.15) is 0 Å². The van der Waals surface area contributed by atoms with Crippen LogP contribution in [0.4, 0.5) is 11.4 Å². The van der Waals surface area contributed by atoms with Crippen molar-refractivity contribution < 1.29 is 9.59 Å². The van der Waals surface area contributed by atoms with E-state index in [0.717, 1.165) is 29.5 Å². The molecule has 0 atom stereocenters. The van der Waals surface area contributed by atoms with Gasteiger partial charge in [-0.1, -0.05) is 22.0 Å². The molecule has 1 saturated heterocycles. The average molecular weight is 373 g/mol. The minimum absolute atomic E-state index is 0.159. The summed E-state index contributed by atoms with van der Waals surface area (Å²) in [6, 6.07) is 14.6. The van der Waals surface area contributed by atoms with Gasteiger partial charge in [0, 0.05) is 34.4 Å². The van der Waals surface area contributed by atoms with E-state index in [4.69, 9.17) is 0 Å². The Balaban J connectivity index is 1.70.